The maximum atomic E-state index is 12.1. The number of ether oxygens (including phenoxy) is 2. The summed E-state index contributed by atoms with van der Waals surface area (Å²) in [5.74, 6) is -0.300. The van der Waals surface area contributed by atoms with E-state index in [4.69, 9.17) is 9.47 Å². The number of nitrogens with zero attached hydrogens (tertiary/aromatic N) is 1. The summed E-state index contributed by atoms with van der Waals surface area (Å²) < 4.78 is 10.7. The zero-order chi connectivity index (χ0) is 13.9. The highest BCUT2D eigenvalue weighted by atomic mass is 32.1. The first-order chi connectivity index (χ1) is 8.30. The molecule has 0 aliphatic heterocycles. The van der Waals surface area contributed by atoms with Crippen molar-refractivity contribution in [2.24, 2.45) is 0 Å². The van der Waals surface area contributed by atoms with Crippen molar-refractivity contribution in [3.63, 3.8) is 0 Å². The smallest absolute Gasteiger partial charge is 0.350 e. The summed E-state index contributed by atoms with van der Waals surface area (Å²) in [7, 11) is 1.62. The highest BCUT2D eigenvalue weighted by Crippen LogP contribution is 2.27. The van der Waals surface area contributed by atoms with Crippen molar-refractivity contribution in [3.8, 4) is 0 Å². The SMILES string of the molecule is CCC(C)(C)OC(=O)c1sc([C@@H](C)OC)nc1C. The quantitative estimate of drug-likeness (QED) is 0.769. The van der Waals surface area contributed by atoms with E-state index in [1.807, 2.05) is 34.6 Å². The first-order valence-corrected chi connectivity index (χ1v) is 6.85. The normalized spacial score (nSPS) is 13.4. The van der Waals surface area contributed by atoms with Gasteiger partial charge in [-0.05, 0) is 34.1 Å². The standard InChI is InChI=1S/C13H21NO3S/c1-7-13(4,5)17-12(15)10-8(2)14-11(18-10)9(3)16-6/h9H,7H2,1-6H3/t9-/m1/s1. The van der Waals surface area contributed by atoms with E-state index in [0.717, 1.165) is 11.4 Å². The Hall–Kier alpha value is -0.940. The minimum absolute atomic E-state index is 0.102. The minimum atomic E-state index is -0.444. The number of aromatic nitrogens is 1. The number of aryl methyl sites for hydroxylation is 1. The van der Waals surface area contributed by atoms with E-state index >= 15 is 0 Å². The second kappa shape index (κ2) is 5.80. The van der Waals surface area contributed by atoms with Gasteiger partial charge >= 0.3 is 5.97 Å². The molecule has 0 aliphatic carbocycles. The fourth-order valence-corrected chi connectivity index (χ4v) is 2.22. The van der Waals surface area contributed by atoms with E-state index in [1.54, 1.807) is 7.11 Å². The molecule has 102 valence electrons. The molecule has 18 heavy (non-hydrogen) atoms. The van der Waals surface area contributed by atoms with E-state index in [-0.39, 0.29) is 12.1 Å². The van der Waals surface area contributed by atoms with Crippen molar-refractivity contribution >= 4 is 17.3 Å². The van der Waals surface area contributed by atoms with Crippen LogP contribution in [0.2, 0.25) is 0 Å². The molecule has 0 aliphatic rings. The Morgan fingerprint density at radius 3 is 2.61 bits per heavy atom. The number of hydrogen-bond acceptors (Lipinski definition) is 5. The van der Waals surface area contributed by atoms with Gasteiger partial charge in [-0.15, -0.1) is 11.3 Å². The topological polar surface area (TPSA) is 48.4 Å². The summed E-state index contributed by atoms with van der Waals surface area (Å²) in [5, 5.41) is 0.802. The summed E-state index contributed by atoms with van der Waals surface area (Å²) >= 11 is 1.34. The van der Waals surface area contributed by atoms with Crippen LogP contribution in [0.3, 0.4) is 0 Å². The van der Waals surface area contributed by atoms with Gasteiger partial charge in [0.05, 0.1) is 5.69 Å². The molecule has 1 heterocycles. The molecule has 0 aromatic carbocycles. The average molecular weight is 271 g/mol. The van der Waals surface area contributed by atoms with Gasteiger partial charge in [0.2, 0.25) is 0 Å². The summed E-state index contributed by atoms with van der Waals surface area (Å²) in [5.41, 5.74) is 0.261. The lowest BCUT2D eigenvalue weighted by atomic mass is 10.1. The van der Waals surface area contributed by atoms with Gasteiger partial charge in [0.1, 0.15) is 21.6 Å². The Morgan fingerprint density at radius 1 is 1.50 bits per heavy atom. The molecule has 4 nitrogen and oxygen atoms in total. The lowest BCUT2D eigenvalue weighted by Gasteiger charge is -2.22. The largest absolute Gasteiger partial charge is 0.455 e. The second-order valence-corrected chi connectivity index (χ2v) is 5.88. The van der Waals surface area contributed by atoms with Gasteiger partial charge in [0.15, 0.2) is 0 Å². The number of hydrogen-bond donors (Lipinski definition) is 0. The van der Waals surface area contributed by atoms with Gasteiger partial charge in [0, 0.05) is 7.11 Å². The molecular weight excluding hydrogens is 250 g/mol. The van der Waals surface area contributed by atoms with Crippen LogP contribution >= 0.6 is 11.3 Å². The average Bonchev–Trinajstić information content (AvgIpc) is 2.70. The Kier molecular flexibility index (Phi) is 4.87. The molecule has 0 radical (unpaired) electrons. The number of methoxy groups -OCH3 is 1. The molecule has 1 aromatic heterocycles. The van der Waals surface area contributed by atoms with Gasteiger partial charge in [-0.2, -0.15) is 0 Å². The molecule has 5 heteroatoms. The number of esters is 1. The number of carbonyl (C=O) groups excluding carboxylic acids is 1. The van der Waals surface area contributed by atoms with Crippen LogP contribution in [0.25, 0.3) is 0 Å². The highest BCUT2D eigenvalue weighted by Gasteiger charge is 2.25. The van der Waals surface area contributed by atoms with Crippen molar-refractivity contribution in [3.05, 3.63) is 15.6 Å². The fraction of sp³-hybridized carbons (Fsp3) is 0.692. The van der Waals surface area contributed by atoms with Crippen LogP contribution in [0.15, 0.2) is 0 Å². The zero-order valence-corrected chi connectivity index (χ0v) is 12.7. The molecule has 0 N–H and O–H groups in total. The molecule has 0 unspecified atom stereocenters. The first-order valence-electron chi connectivity index (χ1n) is 6.04. The molecule has 1 aromatic rings. The summed E-state index contributed by atoms with van der Waals surface area (Å²) in [6, 6.07) is 0. The lowest BCUT2D eigenvalue weighted by Crippen LogP contribution is -2.26. The van der Waals surface area contributed by atoms with Gasteiger partial charge < -0.3 is 9.47 Å². The summed E-state index contributed by atoms with van der Waals surface area (Å²) in [6.45, 7) is 9.52. The maximum Gasteiger partial charge on any atom is 0.350 e. The Bertz CT molecular complexity index is 426. The van der Waals surface area contributed by atoms with E-state index in [1.165, 1.54) is 11.3 Å². The molecule has 0 spiro atoms. The van der Waals surface area contributed by atoms with Crippen LogP contribution in [0.1, 0.15) is 60.6 Å². The predicted octanol–water partition coefficient (Wildman–Crippen LogP) is 3.50. The van der Waals surface area contributed by atoms with Gasteiger partial charge in [-0.25, -0.2) is 9.78 Å². The third-order valence-electron chi connectivity index (χ3n) is 2.92. The lowest BCUT2D eigenvalue weighted by molar-refractivity contribution is -0.00198. The molecule has 1 rings (SSSR count). The Balaban J connectivity index is 2.90. The minimum Gasteiger partial charge on any atom is -0.455 e. The molecule has 0 amide bonds. The van der Waals surface area contributed by atoms with Crippen LogP contribution in [0.4, 0.5) is 0 Å². The van der Waals surface area contributed by atoms with Crippen molar-refractivity contribution in [1.82, 2.24) is 4.98 Å². The molecule has 0 saturated carbocycles. The molecule has 1 atom stereocenters. The summed E-state index contributed by atoms with van der Waals surface area (Å²) in [4.78, 5) is 17.0. The number of carbonyl (C=O) groups is 1. The first kappa shape index (κ1) is 15.1. The van der Waals surface area contributed by atoms with Gasteiger partial charge in [0.25, 0.3) is 0 Å². The van der Waals surface area contributed by atoms with Crippen LogP contribution < -0.4 is 0 Å². The predicted molar refractivity (Wildman–Crippen MR) is 72.1 cm³/mol. The third-order valence-corrected chi connectivity index (χ3v) is 4.22. The highest BCUT2D eigenvalue weighted by molar-refractivity contribution is 7.13. The number of rotatable bonds is 5. The molecule has 0 fully saturated rings. The zero-order valence-electron chi connectivity index (χ0n) is 11.9. The van der Waals surface area contributed by atoms with Crippen molar-refractivity contribution < 1.29 is 14.3 Å². The van der Waals surface area contributed by atoms with E-state index in [0.29, 0.717) is 10.6 Å². The van der Waals surface area contributed by atoms with Crippen molar-refractivity contribution in [2.75, 3.05) is 7.11 Å². The number of thiazole rings is 1. The van der Waals surface area contributed by atoms with Crippen molar-refractivity contribution in [1.29, 1.82) is 0 Å². The molecule has 0 saturated heterocycles. The van der Waals surface area contributed by atoms with Crippen molar-refractivity contribution in [2.45, 2.75) is 52.7 Å². The van der Waals surface area contributed by atoms with Crippen LogP contribution in [0.5, 0.6) is 0 Å². The fourth-order valence-electron chi connectivity index (χ4n) is 1.25. The van der Waals surface area contributed by atoms with Crippen LogP contribution in [0, 0.1) is 6.92 Å². The maximum absolute atomic E-state index is 12.1. The second-order valence-electron chi connectivity index (χ2n) is 4.85. The molecular formula is C13H21NO3S. The van der Waals surface area contributed by atoms with E-state index < -0.39 is 5.60 Å². The van der Waals surface area contributed by atoms with Gasteiger partial charge in [-0.1, -0.05) is 6.92 Å². The third kappa shape index (κ3) is 3.53. The van der Waals surface area contributed by atoms with Crippen LogP contribution in [-0.2, 0) is 9.47 Å². The van der Waals surface area contributed by atoms with Gasteiger partial charge in [-0.3, -0.25) is 0 Å². The Labute approximate surface area is 112 Å². The monoisotopic (exact) mass is 271 g/mol. The Morgan fingerprint density at radius 2 is 2.11 bits per heavy atom. The summed E-state index contributed by atoms with van der Waals surface area (Å²) in [6.07, 6.45) is 0.673. The van der Waals surface area contributed by atoms with Crippen LogP contribution in [-0.4, -0.2) is 23.7 Å². The van der Waals surface area contributed by atoms with E-state index in [2.05, 4.69) is 4.98 Å². The molecule has 0 bridgehead atoms. The van der Waals surface area contributed by atoms with E-state index in [9.17, 15) is 4.79 Å².